The van der Waals surface area contributed by atoms with Crippen molar-refractivity contribution in [2.24, 2.45) is 0 Å². The van der Waals surface area contributed by atoms with Crippen LogP contribution in [0, 0.1) is 13.8 Å². The molecule has 1 atom stereocenters. The van der Waals surface area contributed by atoms with Crippen LogP contribution in [0.5, 0.6) is 5.75 Å². The summed E-state index contributed by atoms with van der Waals surface area (Å²) in [6, 6.07) is 6.86. The molecule has 4 rings (SSSR count). The Hall–Kier alpha value is -3.46. The first-order chi connectivity index (χ1) is 14.4. The zero-order valence-corrected chi connectivity index (χ0v) is 17.4. The van der Waals surface area contributed by atoms with Crippen LogP contribution in [0.1, 0.15) is 27.4 Å². The largest absolute Gasteiger partial charge is 0.496 e. The van der Waals surface area contributed by atoms with Crippen molar-refractivity contribution in [2.45, 2.75) is 24.8 Å². The number of nitrogens with one attached hydrogen (secondary N) is 1. The molecule has 3 aromatic heterocycles. The molecule has 1 aromatic carbocycles. The van der Waals surface area contributed by atoms with Gasteiger partial charge in [0.05, 0.1) is 46.7 Å². The molecule has 9 heteroatoms. The van der Waals surface area contributed by atoms with Gasteiger partial charge in [-0.25, -0.2) is 9.78 Å². The Morgan fingerprint density at radius 1 is 1.30 bits per heavy atom. The first-order valence-electron chi connectivity index (χ1n) is 9.07. The summed E-state index contributed by atoms with van der Waals surface area (Å²) in [5.41, 5.74) is 4.87. The van der Waals surface area contributed by atoms with Crippen molar-refractivity contribution in [1.29, 1.82) is 0 Å². The van der Waals surface area contributed by atoms with E-state index in [-0.39, 0.29) is 11.5 Å². The molecule has 0 bridgehead atoms. The summed E-state index contributed by atoms with van der Waals surface area (Å²) < 4.78 is 23.4. The number of aromatic nitrogens is 3. The Labute approximate surface area is 174 Å². The second kappa shape index (κ2) is 7.75. The van der Waals surface area contributed by atoms with Crippen molar-refractivity contribution in [3.63, 3.8) is 0 Å². The second-order valence-electron chi connectivity index (χ2n) is 6.78. The van der Waals surface area contributed by atoms with Crippen LogP contribution < -0.4 is 4.74 Å². The fourth-order valence-corrected chi connectivity index (χ4v) is 4.47. The zero-order valence-electron chi connectivity index (χ0n) is 16.6. The highest BCUT2D eigenvalue weighted by molar-refractivity contribution is 7.84. The van der Waals surface area contributed by atoms with Crippen LogP contribution in [-0.4, -0.2) is 37.3 Å². The molecule has 0 fully saturated rings. The number of aryl methyl sites for hydroxylation is 1. The average molecular weight is 425 g/mol. The number of aromatic carboxylic acids is 1. The van der Waals surface area contributed by atoms with Gasteiger partial charge in [0.15, 0.2) is 5.16 Å². The number of carboxylic acid groups (broad SMARTS) is 1. The summed E-state index contributed by atoms with van der Waals surface area (Å²) in [6.45, 7) is 3.80. The summed E-state index contributed by atoms with van der Waals surface area (Å²) in [4.78, 5) is 23.2. The maximum atomic E-state index is 12.9. The van der Waals surface area contributed by atoms with E-state index in [9.17, 15) is 14.1 Å². The normalized spacial score (nSPS) is 12.2. The maximum Gasteiger partial charge on any atom is 0.372 e. The van der Waals surface area contributed by atoms with E-state index in [1.54, 1.807) is 37.6 Å². The minimum atomic E-state index is -1.45. The zero-order chi connectivity index (χ0) is 21.4. The molecule has 1 unspecified atom stereocenters. The van der Waals surface area contributed by atoms with Crippen LogP contribution in [0.2, 0.25) is 0 Å². The third-order valence-electron chi connectivity index (χ3n) is 4.86. The molecule has 3 heterocycles. The summed E-state index contributed by atoms with van der Waals surface area (Å²) in [7, 11) is 0.153. The summed E-state index contributed by atoms with van der Waals surface area (Å²) in [5, 5.41) is 9.58. The van der Waals surface area contributed by atoms with Gasteiger partial charge in [-0.3, -0.25) is 9.19 Å². The number of carbonyl (C=O) groups is 1. The summed E-state index contributed by atoms with van der Waals surface area (Å²) >= 11 is 0. The molecule has 0 aliphatic heterocycles. The number of imidazole rings is 1. The molecule has 0 saturated carbocycles. The number of furan rings is 1. The van der Waals surface area contributed by atoms with Crippen LogP contribution in [0.15, 0.2) is 46.3 Å². The van der Waals surface area contributed by atoms with Gasteiger partial charge in [-0.1, -0.05) is 6.07 Å². The molecule has 0 aliphatic carbocycles. The van der Waals surface area contributed by atoms with Gasteiger partial charge < -0.3 is 19.2 Å². The monoisotopic (exact) mass is 425 g/mol. The molecular formula is C21H19N3O5S. The van der Waals surface area contributed by atoms with Gasteiger partial charge in [-0.2, -0.15) is 0 Å². The van der Waals surface area contributed by atoms with Gasteiger partial charge in [-0.15, -0.1) is 0 Å². The van der Waals surface area contributed by atoms with Crippen LogP contribution in [0.3, 0.4) is 0 Å². The number of methoxy groups -OCH3 is 1. The van der Waals surface area contributed by atoms with Gasteiger partial charge >= 0.3 is 5.97 Å². The van der Waals surface area contributed by atoms with Crippen molar-refractivity contribution < 1.29 is 23.3 Å². The number of ether oxygens (including phenoxy) is 1. The van der Waals surface area contributed by atoms with Crippen molar-refractivity contribution >= 4 is 27.8 Å². The number of nitrogens with zero attached hydrogens (tertiary/aromatic N) is 2. The van der Waals surface area contributed by atoms with Gasteiger partial charge in [0, 0.05) is 22.9 Å². The number of benzene rings is 1. The molecule has 8 nitrogen and oxygen atoms in total. The highest BCUT2D eigenvalue weighted by Crippen LogP contribution is 2.29. The molecule has 154 valence electrons. The fourth-order valence-electron chi connectivity index (χ4n) is 3.37. The Bertz CT molecular complexity index is 1290. The minimum Gasteiger partial charge on any atom is -0.496 e. The Balaban J connectivity index is 1.65. The van der Waals surface area contributed by atoms with Gasteiger partial charge in [0.25, 0.3) is 0 Å². The highest BCUT2D eigenvalue weighted by Gasteiger charge is 2.18. The molecule has 0 amide bonds. The number of aromatic amines is 1. The van der Waals surface area contributed by atoms with Crippen LogP contribution in [0.25, 0.3) is 22.2 Å². The Morgan fingerprint density at radius 2 is 2.10 bits per heavy atom. The van der Waals surface area contributed by atoms with Crippen LogP contribution in [-0.2, 0) is 16.6 Å². The summed E-state index contributed by atoms with van der Waals surface area (Å²) in [5.74, 6) is -0.342. The predicted molar refractivity (Wildman–Crippen MR) is 111 cm³/mol. The van der Waals surface area contributed by atoms with E-state index in [0.29, 0.717) is 33.0 Å². The highest BCUT2D eigenvalue weighted by atomic mass is 32.2. The number of carboxylic acids is 1. The number of hydrogen-bond donors (Lipinski definition) is 2. The minimum absolute atomic E-state index is 0.132. The first kappa shape index (κ1) is 19.8. The molecule has 2 N–H and O–H groups in total. The number of H-pyrrole nitrogens is 1. The van der Waals surface area contributed by atoms with Gasteiger partial charge in [0.1, 0.15) is 5.75 Å². The number of hydrogen-bond acceptors (Lipinski definition) is 6. The van der Waals surface area contributed by atoms with Crippen LogP contribution in [0.4, 0.5) is 0 Å². The Morgan fingerprint density at radius 3 is 2.83 bits per heavy atom. The lowest BCUT2D eigenvalue weighted by molar-refractivity contribution is 0.0663. The molecule has 0 aliphatic rings. The second-order valence-corrected chi connectivity index (χ2v) is 8.14. The Kier molecular flexibility index (Phi) is 5.13. The van der Waals surface area contributed by atoms with Gasteiger partial charge in [-0.05, 0) is 37.6 Å². The molecule has 0 radical (unpaired) electrons. The van der Waals surface area contributed by atoms with Crippen molar-refractivity contribution in [2.75, 3.05) is 7.11 Å². The SMILES string of the molecule is COc1c(C)cnc(CS(=O)c2nc3ccc(-c4ccoc4C(=O)O)cc3[nH]2)c1C. The lowest BCUT2D eigenvalue weighted by Crippen LogP contribution is -2.05. The van der Waals surface area contributed by atoms with Crippen molar-refractivity contribution in [3.05, 3.63) is 59.3 Å². The molecule has 4 aromatic rings. The fraction of sp³-hybridized carbons (Fsp3) is 0.190. The standard InChI is InChI=1S/C21H19N3O5S/c1-11-9-22-17(12(2)18(11)28-3)10-30(27)21-23-15-5-4-13(8-16(15)24-21)14-6-7-29-19(14)20(25)26/h4-9H,10H2,1-3H3,(H,23,24)(H,25,26). The topological polar surface area (TPSA) is 118 Å². The number of fused-ring (bicyclic) bond motifs is 1. The van der Waals surface area contributed by atoms with E-state index in [4.69, 9.17) is 9.15 Å². The van der Waals surface area contributed by atoms with E-state index in [0.717, 1.165) is 16.9 Å². The van der Waals surface area contributed by atoms with Crippen molar-refractivity contribution in [3.8, 4) is 16.9 Å². The lowest BCUT2D eigenvalue weighted by atomic mass is 10.1. The third kappa shape index (κ3) is 3.48. The quantitative estimate of drug-likeness (QED) is 0.482. The molecule has 0 spiro atoms. The van der Waals surface area contributed by atoms with E-state index in [2.05, 4.69) is 15.0 Å². The van der Waals surface area contributed by atoms with E-state index < -0.39 is 16.8 Å². The lowest BCUT2D eigenvalue weighted by Gasteiger charge is -2.11. The average Bonchev–Trinajstić information content (AvgIpc) is 3.37. The van der Waals surface area contributed by atoms with Crippen LogP contribution >= 0.6 is 0 Å². The molecule has 0 saturated heterocycles. The smallest absolute Gasteiger partial charge is 0.372 e. The molecule has 30 heavy (non-hydrogen) atoms. The first-order valence-corrected chi connectivity index (χ1v) is 10.4. The van der Waals surface area contributed by atoms with E-state index >= 15 is 0 Å². The van der Waals surface area contributed by atoms with E-state index in [1.807, 2.05) is 13.8 Å². The number of rotatable bonds is 6. The maximum absolute atomic E-state index is 12.9. The number of pyridine rings is 1. The third-order valence-corrected chi connectivity index (χ3v) is 6.02. The molecular weight excluding hydrogens is 406 g/mol. The summed E-state index contributed by atoms with van der Waals surface area (Å²) in [6.07, 6.45) is 3.04. The predicted octanol–water partition coefficient (Wildman–Crippen LogP) is 3.85. The van der Waals surface area contributed by atoms with Gasteiger partial charge in [0.2, 0.25) is 5.76 Å². The van der Waals surface area contributed by atoms with E-state index in [1.165, 1.54) is 6.26 Å². The van der Waals surface area contributed by atoms with Crippen molar-refractivity contribution in [1.82, 2.24) is 15.0 Å².